The third-order valence-corrected chi connectivity index (χ3v) is 4.34. The number of hydrogen-bond donors (Lipinski definition) is 1. The first kappa shape index (κ1) is 12.9. The van der Waals surface area contributed by atoms with Crippen molar-refractivity contribution in [1.29, 1.82) is 0 Å². The number of benzene rings is 1. The Bertz CT molecular complexity index is 444. The molecule has 2 aliphatic heterocycles. The van der Waals surface area contributed by atoms with Crippen LogP contribution in [0.25, 0.3) is 0 Å². The molecule has 0 radical (unpaired) electrons. The number of ether oxygens (including phenoxy) is 1. The summed E-state index contributed by atoms with van der Waals surface area (Å²) in [5.41, 5.74) is 2.81. The summed E-state index contributed by atoms with van der Waals surface area (Å²) in [5, 5.41) is 3.37. The summed E-state index contributed by atoms with van der Waals surface area (Å²) in [6.45, 7) is 8.58. The van der Waals surface area contributed by atoms with Gasteiger partial charge in [0.25, 0.3) is 0 Å². The van der Waals surface area contributed by atoms with Gasteiger partial charge < -0.3 is 10.1 Å². The van der Waals surface area contributed by atoms with E-state index in [1.54, 1.807) is 0 Å². The summed E-state index contributed by atoms with van der Waals surface area (Å²) in [4.78, 5) is 2.56. The molecule has 0 bridgehead atoms. The van der Waals surface area contributed by atoms with E-state index in [0.29, 0.717) is 12.1 Å². The molecule has 0 saturated carbocycles. The number of fused-ring (bicyclic) bond motifs is 1. The lowest BCUT2D eigenvalue weighted by atomic mass is 10.1. The Hall–Kier alpha value is -1.06. The number of nitrogens with zero attached hydrogens (tertiary/aromatic N) is 1. The lowest BCUT2D eigenvalue weighted by Crippen LogP contribution is -2.39. The van der Waals surface area contributed by atoms with Gasteiger partial charge in [-0.25, -0.2) is 0 Å². The van der Waals surface area contributed by atoms with Crippen LogP contribution in [0.1, 0.15) is 37.8 Å². The molecule has 1 atom stereocenters. The highest BCUT2D eigenvalue weighted by molar-refractivity contribution is 5.37. The van der Waals surface area contributed by atoms with Gasteiger partial charge in [-0.1, -0.05) is 6.07 Å². The molecule has 0 spiro atoms. The molecular formula is C16H24N2O. The second kappa shape index (κ2) is 5.51. The van der Waals surface area contributed by atoms with Gasteiger partial charge in [-0.15, -0.1) is 0 Å². The number of rotatable bonds is 4. The second-order valence-corrected chi connectivity index (χ2v) is 5.97. The van der Waals surface area contributed by atoms with Crippen LogP contribution in [-0.4, -0.2) is 30.1 Å². The van der Waals surface area contributed by atoms with E-state index in [9.17, 15) is 0 Å². The molecular weight excluding hydrogens is 236 g/mol. The summed E-state index contributed by atoms with van der Waals surface area (Å²) < 4.78 is 6.03. The van der Waals surface area contributed by atoms with E-state index < -0.39 is 0 Å². The molecule has 3 nitrogen and oxygen atoms in total. The minimum Gasteiger partial charge on any atom is -0.492 e. The van der Waals surface area contributed by atoms with Gasteiger partial charge in [0.05, 0.1) is 0 Å². The van der Waals surface area contributed by atoms with Crippen LogP contribution in [0.3, 0.4) is 0 Å². The summed E-state index contributed by atoms with van der Waals surface area (Å²) in [6, 6.07) is 7.72. The SMILES string of the molecule is CC(C)N1CCCC1COc1ccc2c(c1)CNC2. The first-order chi connectivity index (χ1) is 9.24. The van der Waals surface area contributed by atoms with Gasteiger partial charge in [-0.2, -0.15) is 0 Å². The van der Waals surface area contributed by atoms with E-state index in [2.05, 4.69) is 42.3 Å². The molecule has 0 amide bonds. The zero-order valence-corrected chi connectivity index (χ0v) is 12.0. The van der Waals surface area contributed by atoms with Gasteiger partial charge in [0, 0.05) is 25.2 Å². The van der Waals surface area contributed by atoms with Crippen molar-refractivity contribution in [3.8, 4) is 5.75 Å². The van der Waals surface area contributed by atoms with E-state index in [-0.39, 0.29) is 0 Å². The molecule has 3 heteroatoms. The highest BCUT2D eigenvalue weighted by Crippen LogP contribution is 2.24. The van der Waals surface area contributed by atoms with Crippen molar-refractivity contribution in [1.82, 2.24) is 10.2 Å². The Kier molecular flexibility index (Phi) is 3.76. The smallest absolute Gasteiger partial charge is 0.119 e. The maximum absolute atomic E-state index is 6.03. The van der Waals surface area contributed by atoms with Gasteiger partial charge >= 0.3 is 0 Å². The van der Waals surface area contributed by atoms with E-state index in [1.807, 2.05) is 0 Å². The average molecular weight is 260 g/mol. The largest absolute Gasteiger partial charge is 0.492 e. The van der Waals surface area contributed by atoms with Crippen molar-refractivity contribution in [2.75, 3.05) is 13.2 Å². The summed E-state index contributed by atoms with van der Waals surface area (Å²) >= 11 is 0. The Morgan fingerprint density at radius 2 is 2.16 bits per heavy atom. The first-order valence-corrected chi connectivity index (χ1v) is 7.45. The molecule has 1 aromatic carbocycles. The molecule has 0 aromatic heterocycles. The fraction of sp³-hybridized carbons (Fsp3) is 0.625. The van der Waals surface area contributed by atoms with E-state index in [4.69, 9.17) is 4.74 Å². The minimum atomic E-state index is 0.589. The molecule has 19 heavy (non-hydrogen) atoms. The molecule has 104 valence electrons. The third kappa shape index (κ3) is 2.77. The van der Waals surface area contributed by atoms with Gasteiger partial charge in [0.15, 0.2) is 0 Å². The van der Waals surface area contributed by atoms with Crippen molar-refractivity contribution in [3.05, 3.63) is 29.3 Å². The lowest BCUT2D eigenvalue weighted by Gasteiger charge is -2.28. The summed E-state index contributed by atoms with van der Waals surface area (Å²) in [7, 11) is 0. The molecule has 1 unspecified atom stereocenters. The van der Waals surface area contributed by atoms with Crippen molar-refractivity contribution < 1.29 is 4.74 Å². The highest BCUT2D eigenvalue weighted by Gasteiger charge is 2.26. The van der Waals surface area contributed by atoms with Crippen molar-refractivity contribution >= 4 is 0 Å². The maximum atomic E-state index is 6.03. The number of nitrogens with one attached hydrogen (secondary N) is 1. The first-order valence-electron chi connectivity index (χ1n) is 7.45. The topological polar surface area (TPSA) is 24.5 Å². The highest BCUT2D eigenvalue weighted by atomic mass is 16.5. The maximum Gasteiger partial charge on any atom is 0.119 e. The van der Waals surface area contributed by atoms with Crippen molar-refractivity contribution in [3.63, 3.8) is 0 Å². The van der Waals surface area contributed by atoms with Crippen LogP contribution in [-0.2, 0) is 13.1 Å². The monoisotopic (exact) mass is 260 g/mol. The van der Waals surface area contributed by atoms with Crippen molar-refractivity contribution in [2.24, 2.45) is 0 Å². The molecule has 3 rings (SSSR count). The third-order valence-electron chi connectivity index (χ3n) is 4.34. The van der Waals surface area contributed by atoms with Gasteiger partial charge in [-0.3, -0.25) is 4.90 Å². The van der Waals surface area contributed by atoms with Gasteiger partial charge in [0.1, 0.15) is 12.4 Å². The quantitative estimate of drug-likeness (QED) is 0.900. The average Bonchev–Trinajstić information content (AvgIpc) is 3.04. The summed E-state index contributed by atoms with van der Waals surface area (Å²) in [6.07, 6.45) is 2.57. The Morgan fingerprint density at radius 3 is 3.00 bits per heavy atom. The van der Waals surface area contributed by atoms with Gasteiger partial charge in [-0.05, 0) is 56.5 Å². The van der Waals surface area contributed by atoms with E-state index in [1.165, 1.54) is 30.5 Å². The summed E-state index contributed by atoms with van der Waals surface area (Å²) in [5.74, 6) is 1.03. The fourth-order valence-corrected chi connectivity index (χ4v) is 3.27. The normalized spacial score (nSPS) is 23.0. The van der Waals surface area contributed by atoms with Crippen LogP contribution in [0, 0.1) is 0 Å². The lowest BCUT2D eigenvalue weighted by molar-refractivity contribution is 0.144. The molecule has 2 aliphatic rings. The number of likely N-dealkylation sites (tertiary alicyclic amines) is 1. The van der Waals surface area contributed by atoms with Crippen LogP contribution in [0.5, 0.6) is 5.75 Å². The predicted octanol–water partition coefficient (Wildman–Crippen LogP) is 2.54. The Balaban J connectivity index is 1.60. The van der Waals surface area contributed by atoms with Crippen LogP contribution >= 0.6 is 0 Å². The molecule has 1 saturated heterocycles. The van der Waals surface area contributed by atoms with Crippen LogP contribution < -0.4 is 10.1 Å². The molecule has 1 fully saturated rings. The van der Waals surface area contributed by atoms with E-state index in [0.717, 1.165) is 25.4 Å². The second-order valence-electron chi connectivity index (χ2n) is 5.97. The van der Waals surface area contributed by atoms with Crippen LogP contribution in [0.15, 0.2) is 18.2 Å². The Labute approximate surface area is 115 Å². The molecule has 1 N–H and O–H groups in total. The predicted molar refractivity (Wildman–Crippen MR) is 77.3 cm³/mol. The Morgan fingerprint density at radius 1 is 1.32 bits per heavy atom. The zero-order valence-electron chi connectivity index (χ0n) is 12.0. The van der Waals surface area contributed by atoms with E-state index >= 15 is 0 Å². The standard InChI is InChI=1S/C16H24N2O/c1-12(2)18-7-3-4-15(18)11-19-16-6-5-13-9-17-10-14(13)8-16/h5-6,8,12,15,17H,3-4,7,9-11H2,1-2H3. The van der Waals surface area contributed by atoms with Crippen LogP contribution in [0.4, 0.5) is 0 Å². The number of hydrogen-bond acceptors (Lipinski definition) is 3. The van der Waals surface area contributed by atoms with Crippen LogP contribution in [0.2, 0.25) is 0 Å². The molecule has 0 aliphatic carbocycles. The van der Waals surface area contributed by atoms with Gasteiger partial charge in [0.2, 0.25) is 0 Å². The van der Waals surface area contributed by atoms with Crippen molar-refractivity contribution in [2.45, 2.75) is 51.9 Å². The molecule has 1 aromatic rings. The zero-order chi connectivity index (χ0) is 13.2. The molecule has 2 heterocycles. The fourth-order valence-electron chi connectivity index (χ4n) is 3.27. The minimum absolute atomic E-state index is 0.589.